The number of benzene rings is 1. The van der Waals surface area contributed by atoms with Crippen molar-refractivity contribution < 1.29 is 13.9 Å². The Bertz CT molecular complexity index is 352. The van der Waals surface area contributed by atoms with Crippen LogP contribution in [0.1, 0.15) is 25.5 Å². The van der Waals surface area contributed by atoms with Crippen molar-refractivity contribution in [2.24, 2.45) is 5.73 Å². The van der Waals surface area contributed by atoms with Crippen LogP contribution in [0.25, 0.3) is 0 Å². The van der Waals surface area contributed by atoms with Gasteiger partial charge in [0.1, 0.15) is 11.9 Å². The van der Waals surface area contributed by atoms with E-state index in [-0.39, 0.29) is 11.7 Å². The zero-order chi connectivity index (χ0) is 11.4. The molecule has 0 saturated carbocycles. The Balaban J connectivity index is 2.81. The number of hydrogen-bond acceptors (Lipinski definition) is 3. The average molecular weight is 211 g/mol. The van der Waals surface area contributed by atoms with Gasteiger partial charge in [0.2, 0.25) is 0 Å². The molecule has 0 fully saturated rings. The van der Waals surface area contributed by atoms with Crippen LogP contribution in [0.4, 0.5) is 4.39 Å². The molecule has 0 aliphatic rings. The summed E-state index contributed by atoms with van der Waals surface area (Å²) in [5, 5.41) is 0. The second kappa shape index (κ2) is 4.89. The summed E-state index contributed by atoms with van der Waals surface area (Å²) >= 11 is 0. The summed E-state index contributed by atoms with van der Waals surface area (Å²) in [5.74, 6) is -1.11. The monoisotopic (exact) mass is 211 g/mol. The van der Waals surface area contributed by atoms with Gasteiger partial charge in [-0.05, 0) is 19.9 Å². The van der Waals surface area contributed by atoms with Gasteiger partial charge in [-0.3, -0.25) is 0 Å². The van der Waals surface area contributed by atoms with Crippen molar-refractivity contribution in [1.29, 1.82) is 0 Å². The van der Waals surface area contributed by atoms with Crippen molar-refractivity contribution in [2.75, 3.05) is 0 Å². The zero-order valence-electron chi connectivity index (χ0n) is 8.74. The second-order valence-corrected chi connectivity index (χ2v) is 3.48. The first-order chi connectivity index (χ1) is 7.02. The first kappa shape index (κ1) is 11.7. The van der Waals surface area contributed by atoms with Gasteiger partial charge in [-0.15, -0.1) is 0 Å². The molecule has 0 amide bonds. The van der Waals surface area contributed by atoms with Gasteiger partial charge in [-0.1, -0.05) is 18.2 Å². The van der Waals surface area contributed by atoms with Crippen molar-refractivity contribution in [1.82, 2.24) is 0 Å². The number of hydrogen-bond donors (Lipinski definition) is 1. The van der Waals surface area contributed by atoms with Crippen molar-refractivity contribution in [3.8, 4) is 0 Å². The fourth-order valence-corrected chi connectivity index (χ4v) is 1.16. The first-order valence-electron chi connectivity index (χ1n) is 4.73. The van der Waals surface area contributed by atoms with E-state index in [1.165, 1.54) is 12.1 Å². The molecule has 0 radical (unpaired) electrons. The summed E-state index contributed by atoms with van der Waals surface area (Å²) < 4.78 is 18.1. The molecule has 0 heterocycles. The molecule has 1 aromatic carbocycles. The number of nitrogens with two attached hydrogens (primary N) is 1. The smallest absolute Gasteiger partial charge is 0.327 e. The number of carbonyl (C=O) groups excluding carboxylic acids is 1. The van der Waals surface area contributed by atoms with Crippen LogP contribution in [0.15, 0.2) is 24.3 Å². The summed E-state index contributed by atoms with van der Waals surface area (Å²) in [6.45, 7) is 3.43. The first-order valence-corrected chi connectivity index (χ1v) is 4.73. The minimum Gasteiger partial charge on any atom is -0.462 e. The maximum absolute atomic E-state index is 13.3. The molecule has 15 heavy (non-hydrogen) atoms. The lowest BCUT2D eigenvalue weighted by atomic mass is 10.1. The lowest BCUT2D eigenvalue weighted by Crippen LogP contribution is -2.26. The van der Waals surface area contributed by atoms with Crippen LogP contribution in [0.3, 0.4) is 0 Å². The van der Waals surface area contributed by atoms with E-state index in [1.54, 1.807) is 26.0 Å². The molecular formula is C11H14FNO2. The fourth-order valence-electron chi connectivity index (χ4n) is 1.16. The van der Waals surface area contributed by atoms with Crippen molar-refractivity contribution in [3.63, 3.8) is 0 Å². The van der Waals surface area contributed by atoms with Crippen LogP contribution >= 0.6 is 0 Å². The van der Waals surface area contributed by atoms with E-state index in [9.17, 15) is 9.18 Å². The lowest BCUT2D eigenvalue weighted by Gasteiger charge is -2.14. The van der Waals surface area contributed by atoms with Gasteiger partial charge in [0, 0.05) is 5.56 Å². The normalized spacial score (nSPS) is 12.6. The van der Waals surface area contributed by atoms with E-state index in [1.807, 2.05) is 0 Å². The Morgan fingerprint density at radius 2 is 2.00 bits per heavy atom. The molecule has 3 nitrogen and oxygen atoms in total. The van der Waals surface area contributed by atoms with Crippen LogP contribution in [-0.4, -0.2) is 12.1 Å². The molecule has 0 spiro atoms. The molecule has 0 aliphatic carbocycles. The average Bonchev–Trinajstić information content (AvgIpc) is 2.16. The Hall–Kier alpha value is -1.42. The van der Waals surface area contributed by atoms with Gasteiger partial charge in [0.15, 0.2) is 0 Å². The second-order valence-electron chi connectivity index (χ2n) is 3.48. The molecule has 1 rings (SSSR count). The fraction of sp³-hybridized carbons (Fsp3) is 0.364. The Kier molecular flexibility index (Phi) is 3.80. The molecule has 2 N–H and O–H groups in total. The van der Waals surface area contributed by atoms with Gasteiger partial charge in [0.25, 0.3) is 0 Å². The molecule has 0 saturated heterocycles. The largest absolute Gasteiger partial charge is 0.462 e. The topological polar surface area (TPSA) is 52.3 Å². The molecule has 1 aromatic rings. The van der Waals surface area contributed by atoms with Gasteiger partial charge >= 0.3 is 5.97 Å². The predicted octanol–water partition coefficient (Wildman–Crippen LogP) is 1.78. The highest BCUT2D eigenvalue weighted by Crippen LogP contribution is 2.16. The molecule has 1 atom stereocenters. The van der Waals surface area contributed by atoms with Crippen LogP contribution in [0, 0.1) is 5.82 Å². The number of ether oxygens (including phenoxy) is 1. The highest BCUT2D eigenvalue weighted by atomic mass is 19.1. The number of halogens is 1. The summed E-state index contributed by atoms with van der Waals surface area (Å²) in [6.07, 6.45) is -0.254. The van der Waals surface area contributed by atoms with Crippen molar-refractivity contribution in [2.45, 2.75) is 26.0 Å². The third-order valence-electron chi connectivity index (χ3n) is 1.85. The van der Waals surface area contributed by atoms with E-state index >= 15 is 0 Å². The Morgan fingerprint density at radius 3 is 2.53 bits per heavy atom. The third kappa shape index (κ3) is 3.02. The summed E-state index contributed by atoms with van der Waals surface area (Å²) in [4.78, 5) is 11.4. The van der Waals surface area contributed by atoms with E-state index in [0.717, 1.165) is 0 Å². The summed E-state index contributed by atoms with van der Waals surface area (Å²) in [6, 6.07) is 4.84. The summed E-state index contributed by atoms with van der Waals surface area (Å²) in [7, 11) is 0. The zero-order valence-corrected chi connectivity index (χ0v) is 8.74. The van der Waals surface area contributed by atoms with E-state index < -0.39 is 17.8 Å². The highest BCUT2D eigenvalue weighted by molar-refractivity contribution is 5.77. The highest BCUT2D eigenvalue weighted by Gasteiger charge is 2.21. The molecule has 0 aliphatic heterocycles. The van der Waals surface area contributed by atoms with Crippen molar-refractivity contribution >= 4 is 5.97 Å². The Labute approximate surface area is 88.0 Å². The molecule has 0 aromatic heterocycles. The van der Waals surface area contributed by atoms with Crippen LogP contribution < -0.4 is 5.73 Å². The van der Waals surface area contributed by atoms with Crippen LogP contribution in [0.5, 0.6) is 0 Å². The maximum atomic E-state index is 13.3. The number of carbonyl (C=O) groups is 1. The van der Waals surface area contributed by atoms with Crippen LogP contribution in [-0.2, 0) is 9.53 Å². The van der Waals surface area contributed by atoms with Gasteiger partial charge in [-0.2, -0.15) is 0 Å². The standard InChI is InChI=1S/C11H14FNO2/c1-7(2)15-11(14)10(13)8-5-3-4-6-9(8)12/h3-7,10H,13H2,1-2H3. The van der Waals surface area contributed by atoms with Gasteiger partial charge in [0.05, 0.1) is 6.10 Å². The SMILES string of the molecule is CC(C)OC(=O)C(N)c1ccccc1F. The molecule has 82 valence electrons. The third-order valence-corrected chi connectivity index (χ3v) is 1.85. The minimum atomic E-state index is -1.06. The molecule has 0 bridgehead atoms. The quantitative estimate of drug-likeness (QED) is 0.775. The van der Waals surface area contributed by atoms with Crippen LogP contribution in [0.2, 0.25) is 0 Å². The summed E-state index contributed by atoms with van der Waals surface area (Å²) in [5.41, 5.74) is 5.73. The van der Waals surface area contributed by atoms with Gasteiger partial charge < -0.3 is 10.5 Å². The van der Waals surface area contributed by atoms with E-state index in [4.69, 9.17) is 10.5 Å². The predicted molar refractivity (Wildman–Crippen MR) is 54.6 cm³/mol. The van der Waals surface area contributed by atoms with Gasteiger partial charge in [-0.25, -0.2) is 9.18 Å². The lowest BCUT2D eigenvalue weighted by molar-refractivity contribution is -0.149. The molecular weight excluding hydrogens is 197 g/mol. The maximum Gasteiger partial charge on any atom is 0.327 e. The minimum absolute atomic E-state index is 0.156. The Morgan fingerprint density at radius 1 is 1.40 bits per heavy atom. The van der Waals surface area contributed by atoms with Crippen molar-refractivity contribution in [3.05, 3.63) is 35.6 Å². The number of rotatable bonds is 3. The van der Waals surface area contributed by atoms with E-state index in [0.29, 0.717) is 0 Å². The molecule has 4 heteroatoms. The van der Waals surface area contributed by atoms with E-state index in [2.05, 4.69) is 0 Å². The number of esters is 1. The molecule has 1 unspecified atom stereocenters.